The van der Waals surface area contributed by atoms with Crippen molar-refractivity contribution in [3.63, 3.8) is 0 Å². The topological polar surface area (TPSA) is 33.2 Å². The minimum Gasteiger partial charge on any atom is -0.339 e. The van der Waals surface area contributed by atoms with Crippen LogP contribution >= 0.6 is 11.3 Å². The average molecular weight is 286 g/mol. The predicted octanol–water partition coefficient (Wildman–Crippen LogP) is 3.61. The van der Waals surface area contributed by atoms with Crippen molar-refractivity contribution >= 4 is 17.2 Å². The fourth-order valence-electron chi connectivity index (χ4n) is 2.49. The van der Waals surface area contributed by atoms with Gasteiger partial charge in [0.15, 0.2) is 0 Å². The summed E-state index contributed by atoms with van der Waals surface area (Å²) in [5.74, 6) is 0.150. The number of carbonyl (C=O) groups is 1. The van der Waals surface area contributed by atoms with E-state index in [1.54, 1.807) is 11.3 Å². The lowest BCUT2D eigenvalue weighted by Gasteiger charge is -2.15. The Labute approximate surface area is 123 Å². The number of aromatic nitrogens is 1. The number of aryl methyl sites for hydroxylation is 1. The first kappa shape index (κ1) is 13.3. The fourth-order valence-corrected chi connectivity index (χ4v) is 3.39. The van der Waals surface area contributed by atoms with Gasteiger partial charge in [-0.3, -0.25) is 4.79 Å². The van der Waals surface area contributed by atoms with Crippen LogP contribution < -0.4 is 0 Å². The van der Waals surface area contributed by atoms with Crippen LogP contribution in [-0.2, 0) is 6.42 Å². The van der Waals surface area contributed by atoms with Crippen molar-refractivity contribution in [3.8, 4) is 10.6 Å². The van der Waals surface area contributed by atoms with E-state index < -0.39 is 0 Å². The predicted molar refractivity (Wildman–Crippen MR) is 82.1 cm³/mol. The third kappa shape index (κ3) is 2.61. The van der Waals surface area contributed by atoms with Crippen molar-refractivity contribution < 1.29 is 4.79 Å². The highest BCUT2D eigenvalue weighted by Crippen LogP contribution is 2.25. The number of likely N-dealkylation sites (tertiary alicyclic amines) is 1. The van der Waals surface area contributed by atoms with Crippen LogP contribution in [0.3, 0.4) is 0 Å². The summed E-state index contributed by atoms with van der Waals surface area (Å²) in [6.07, 6.45) is 3.19. The van der Waals surface area contributed by atoms with Crippen LogP contribution in [0.5, 0.6) is 0 Å². The normalized spacial score (nSPS) is 14.8. The van der Waals surface area contributed by atoms with Crippen molar-refractivity contribution in [3.05, 3.63) is 40.9 Å². The van der Waals surface area contributed by atoms with Crippen LogP contribution in [0, 0.1) is 0 Å². The van der Waals surface area contributed by atoms with Gasteiger partial charge in [0.25, 0.3) is 5.91 Å². The van der Waals surface area contributed by atoms with Crippen LogP contribution in [-0.4, -0.2) is 28.9 Å². The van der Waals surface area contributed by atoms with E-state index in [0.717, 1.165) is 54.2 Å². The van der Waals surface area contributed by atoms with E-state index in [2.05, 4.69) is 17.3 Å². The van der Waals surface area contributed by atoms with Gasteiger partial charge in [-0.1, -0.05) is 19.1 Å². The second kappa shape index (κ2) is 5.75. The number of hydrogen-bond donors (Lipinski definition) is 0. The molecule has 2 heterocycles. The lowest BCUT2D eigenvalue weighted by molar-refractivity contribution is 0.0793. The molecule has 3 rings (SSSR count). The highest BCUT2D eigenvalue weighted by molar-refractivity contribution is 7.13. The molecule has 104 valence electrons. The zero-order valence-corrected chi connectivity index (χ0v) is 12.4. The SMILES string of the molecule is CCc1csc(-c2cccc(C(=O)N3CCCC3)c2)n1. The molecular weight excluding hydrogens is 268 g/mol. The number of nitrogens with zero attached hydrogens (tertiary/aromatic N) is 2. The van der Waals surface area contributed by atoms with Gasteiger partial charge in [-0.2, -0.15) is 0 Å². The molecule has 0 N–H and O–H groups in total. The van der Waals surface area contributed by atoms with Crippen LogP contribution in [0.4, 0.5) is 0 Å². The molecule has 2 aromatic rings. The molecule has 0 bridgehead atoms. The van der Waals surface area contributed by atoms with Crippen molar-refractivity contribution in [2.75, 3.05) is 13.1 Å². The molecule has 0 saturated carbocycles. The van der Waals surface area contributed by atoms with Gasteiger partial charge >= 0.3 is 0 Å². The monoisotopic (exact) mass is 286 g/mol. The molecule has 1 fully saturated rings. The molecule has 0 aliphatic carbocycles. The third-order valence-electron chi connectivity index (χ3n) is 3.66. The molecule has 20 heavy (non-hydrogen) atoms. The molecule has 0 spiro atoms. The largest absolute Gasteiger partial charge is 0.339 e. The van der Waals surface area contributed by atoms with Gasteiger partial charge in [-0.25, -0.2) is 4.98 Å². The van der Waals surface area contributed by atoms with Gasteiger partial charge in [0.2, 0.25) is 0 Å². The Morgan fingerprint density at radius 2 is 2.15 bits per heavy atom. The van der Waals surface area contributed by atoms with E-state index in [-0.39, 0.29) is 5.91 Å². The molecule has 1 aromatic carbocycles. The first-order chi connectivity index (χ1) is 9.78. The molecule has 1 saturated heterocycles. The number of hydrogen-bond acceptors (Lipinski definition) is 3. The van der Waals surface area contributed by atoms with Gasteiger partial charge in [-0.05, 0) is 31.4 Å². The Bertz CT molecular complexity index is 614. The number of carbonyl (C=O) groups excluding carboxylic acids is 1. The molecule has 0 unspecified atom stereocenters. The standard InChI is InChI=1S/C16H18N2OS/c1-2-14-11-20-15(17-14)12-6-5-7-13(10-12)16(19)18-8-3-4-9-18/h5-7,10-11H,2-4,8-9H2,1H3. The van der Waals surface area contributed by atoms with Crippen molar-refractivity contribution in [2.24, 2.45) is 0 Å². The van der Waals surface area contributed by atoms with Crippen LogP contribution in [0.2, 0.25) is 0 Å². The minimum absolute atomic E-state index is 0.150. The second-order valence-corrected chi connectivity index (χ2v) is 5.94. The van der Waals surface area contributed by atoms with Crippen molar-refractivity contribution in [1.29, 1.82) is 0 Å². The summed E-state index contributed by atoms with van der Waals surface area (Å²) in [5, 5.41) is 3.09. The zero-order chi connectivity index (χ0) is 13.9. The van der Waals surface area contributed by atoms with E-state index in [0.29, 0.717) is 0 Å². The summed E-state index contributed by atoms with van der Waals surface area (Å²) in [6, 6.07) is 7.85. The highest BCUT2D eigenvalue weighted by atomic mass is 32.1. The molecule has 0 atom stereocenters. The van der Waals surface area contributed by atoms with Crippen molar-refractivity contribution in [2.45, 2.75) is 26.2 Å². The van der Waals surface area contributed by atoms with E-state index in [1.165, 1.54) is 0 Å². The van der Waals surface area contributed by atoms with E-state index in [4.69, 9.17) is 0 Å². The van der Waals surface area contributed by atoms with Gasteiger partial charge in [0, 0.05) is 29.6 Å². The smallest absolute Gasteiger partial charge is 0.253 e. The van der Waals surface area contributed by atoms with Crippen LogP contribution in [0.15, 0.2) is 29.6 Å². The summed E-state index contributed by atoms with van der Waals surface area (Å²) >= 11 is 1.64. The summed E-state index contributed by atoms with van der Waals surface area (Å²) in [4.78, 5) is 18.9. The van der Waals surface area contributed by atoms with Gasteiger partial charge in [-0.15, -0.1) is 11.3 Å². The molecule has 1 amide bonds. The van der Waals surface area contributed by atoms with Gasteiger partial charge in [0.1, 0.15) is 5.01 Å². The number of rotatable bonds is 3. The quantitative estimate of drug-likeness (QED) is 0.863. The first-order valence-corrected chi connectivity index (χ1v) is 8.00. The summed E-state index contributed by atoms with van der Waals surface area (Å²) in [5.41, 5.74) is 2.93. The van der Waals surface area contributed by atoms with Gasteiger partial charge < -0.3 is 4.90 Å². The maximum absolute atomic E-state index is 12.4. The van der Waals surface area contributed by atoms with E-state index in [9.17, 15) is 4.79 Å². The number of benzene rings is 1. The minimum atomic E-state index is 0.150. The first-order valence-electron chi connectivity index (χ1n) is 7.12. The Balaban J connectivity index is 1.87. The molecule has 1 aliphatic rings. The molecule has 1 aliphatic heterocycles. The average Bonchev–Trinajstić information content (AvgIpc) is 3.17. The number of thiazole rings is 1. The second-order valence-electron chi connectivity index (χ2n) is 5.08. The Morgan fingerprint density at radius 3 is 2.85 bits per heavy atom. The Kier molecular flexibility index (Phi) is 3.83. The lowest BCUT2D eigenvalue weighted by Crippen LogP contribution is -2.27. The van der Waals surface area contributed by atoms with Gasteiger partial charge in [0.05, 0.1) is 5.69 Å². The highest BCUT2D eigenvalue weighted by Gasteiger charge is 2.19. The molecule has 1 aromatic heterocycles. The van der Waals surface area contributed by atoms with Crippen LogP contribution in [0.25, 0.3) is 10.6 Å². The van der Waals surface area contributed by atoms with Crippen molar-refractivity contribution in [1.82, 2.24) is 9.88 Å². The maximum Gasteiger partial charge on any atom is 0.253 e. The Morgan fingerprint density at radius 1 is 1.35 bits per heavy atom. The van der Waals surface area contributed by atoms with E-state index in [1.807, 2.05) is 29.2 Å². The summed E-state index contributed by atoms with van der Waals surface area (Å²) < 4.78 is 0. The third-order valence-corrected chi connectivity index (χ3v) is 4.60. The molecule has 3 nitrogen and oxygen atoms in total. The zero-order valence-electron chi connectivity index (χ0n) is 11.6. The maximum atomic E-state index is 12.4. The fraction of sp³-hybridized carbons (Fsp3) is 0.375. The lowest BCUT2D eigenvalue weighted by atomic mass is 10.1. The molecule has 4 heteroatoms. The number of amides is 1. The Hall–Kier alpha value is -1.68. The summed E-state index contributed by atoms with van der Waals surface area (Å²) in [7, 11) is 0. The summed E-state index contributed by atoms with van der Waals surface area (Å²) in [6.45, 7) is 3.88. The van der Waals surface area contributed by atoms with E-state index >= 15 is 0 Å². The molecular formula is C16H18N2OS. The molecule has 0 radical (unpaired) electrons. The van der Waals surface area contributed by atoms with Crippen LogP contribution in [0.1, 0.15) is 35.8 Å².